The topological polar surface area (TPSA) is 65.2 Å². The Bertz CT molecular complexity index is 330. The quantitative estimate of drug-likeness (QED) is 0.803. The van der Waals surface area contributed by atoms with Crippen molar-refractivity contribution in [3.8, 4) is 0 Å². The highest BCUT2D eigenvalue weighted by Crippen LogP contribution is 2.22. The number of aryl methyl sites for hydroxylation is 1. The summed E-state index contributed by atoms with van der Waals surface area (Å²) in [6.07, 6.45) is 1.79. The van der Waals surface area contributed by atoms with Crippen LogP contribution in [0.15, 0.2) is 0 Å². The lowest BCUT2D eigenvalue weighted by Crippen LogP contribution is -2.16. The van der Waals surface area contributed by atoms with E-state index in [1.54, 1.807) is 6.92 Å². The minimum atomic E-state index is -0.361. The van der Waals surface area contributed by atoms with E-state index in [2.05, 4.69) is 11.3 Å². The first-order chi connectivity index (χ1) is 7.06. The second kappa shape index (κ2) is 5.11. The van der Waals surface area contributed by atoms with Crippen LogP contribution in [-0.4, -0.2) is 16.4 Å². The van der Waals surface area contributed by atoms with Crippen molar-refractivity contribution in [2.24, 2.45) is 0 Å². The normalized spacial score (nSPS) is 12.5. The highest BCUT2D eigenvalue weighted by Gasteiger charge is 2.19. The van der Waals surface area contributed by atoms with Gasteiger partial charge in [0, 0.05) is 0 Å². The predicted molar refractivity (Wildman–Crippen MR) is 61.0 cm³/mol. The summed E-state index contributed by atoms with van der Waals surface area (Å²) in [7, 11) is 0. The van der Waals surface area contributed by atoms with Crippen molar-refractivity contribution < 1.29 is 9.53 Å². The van der Waals surface area contributed by atoms with Gasteiger partial charge in [0.15, 0.2) is 0 Å². The van der Waals surface area contributed by atoms with Gasteiger partial charge >= 0.3 is 5.97 Å². The minimum absolute atomic E-state index is 0.0683. The number of carbonyl (C=O) groups is 1. The number of aromatic nitrogens is 1. The summed E-state index contributed by atoms with van der Waals surface area (Å²) in [5.41, 5.74) is 6.71. The molecule has 5 heteroatoms. The van der Waals surface area contributed by atoms with Crippen molar-refractivity contribution in [3.05, 3.63) is 11.3 Å². The number of anilines is 1. The zero-order valence-corrected chi connectivity index (χ0v) is 10.1. The predicted octanol–water partition coefficient (Wildman–Crippen LogP) is 2.38. The van der Waals surface area contributed by atoms with E-state index >= 15 is 0 Å². The number of hydrogen-bond acceptors (Lipinski definition) is 5. The van der Waals surface area contributed by atoms with Gasteiger partial charge in [0.05, 0.1) is 11.8 Å². The van der Waals surface area contributed by atoms with Crippen LogP contribution >= 0.6 is 11.5 Å². The van der Waals surface area contributed by atoms with Gasteiger partial charge in [-0.1, -0.05) is 13.3 Å². The SMILES string of the molecule is CCCC(C)OC(=O)c1c(C)nsc1N. The number of ether oxygens (including phenoxy) is 1. The maximum Gasteiger partial charge on any atom is 0.343 e. The van der Waals surface area contributed by atoms with E-state index in [0.717, 1.165) is 24.4 Å². The molecular formula is C10H16N2O2S. The zero-order chi connectivity index (χ0) is 11.4. The van der Waals surface area contributed by atoms with E-state index in [-0.39, 0.29) is 12.1 Å². The Labute approximate surface area is 93.6 Å². The molecule has 1 unspecified atom stereocenters. The smallest absolute Gasteiger partial charge is 0.343 e. The molecule has 84 valence electrons. The standard InChI is InChI=1S/C10H16N2O2S/c1-4-5-6(2)14-10(13)8-7(3)12-15-9(8)11/h6H,4-5,11H2,1-3H3. The highest BCUT2D eigenvalue weighted by molar-refractivity contribution is 7.10. The van der Waals surface area contributed by atoms with Crippen molar-refractivity contribution in [1.29, 1.82) is 0 Å². The number of esters is 1. The minimum Gasteiger partial charge on any atom is -0.459 e. The average Bonchev–Trinajstić information content (AvgIpc) is 2.46. The molecule has 0 bridgehead atoms. The zero-order valence-electron chi connectivity index (χ0n) is 9.24. The van der Waals surface area contributed by atoms with Gasteiger partial charge in [-0.25, -0.2) is 4.79 Å². The summed E-state index contributed by atoms with van der Waals surface area (Å²) in [6, 6.07) is 0. The Morgan fingerprint density at radius 3 is 2.80 bits per heavy atom. The first-order valence-electron chi connectivity index (χ1n) is 4.99. The monoisotopic (exact) mass is 228 g/mol. The molecule has 0 aliphatic heterocycles. The maximum atomic E-state index is 11.7. The van der Waals surface area contributed by atoms with Crippen molar-refractivity contribution in [2.75, 3.05) is 5.73 Å². The van der Waals surface area contributed by atoms with E-state index in [0.29, 0.717) is 16.3 Å². The number of hydrogen-bond donors (Lipinski definition) is 1. The van der Waals surface area contributed by atoms with Crippen molar-refractivity contribution >= 4 is 22.5 Å². The Morgan fingerprint density at radius 2 is 2.33 bits per heavy atom. The Kier molecular flexibility index (Phi) is 4.08. The highest BCUT2D eigenvalue weighted by atomic mass is 32.1. The van der Waals surface area contributed by atoms with Gasteiger partial charge < -0.3 is 10.5 Å². The molecule has 0 saturated carbocycles. The number of carbonyl (C=O) groups excluding carboxylic acids is 1. The molecular weight excluding hydrogens is 212 g/mol. The Morgan fingerprint density at radius 1 is 1.67 bits per heavy atom. The molecule has 0 spiro atoms. The molecule has 15 heavy (non-hydrogen) atoms. The van der Waals surface area contributed by atoms with Crippen LogP contribution in [0.1, 0.15) is 42.7 Å². The third-order valence-electron chi connectivity index (χ3n) is 2.10. The number of nitrogen functional groups attached to an aromatic ring is 1. The molecule has 0 radical (unpaired) electrons. The van der Waals surface area contributed by atoms with Crippen LogP contribution in [0.5, 0.6) is 0 Å². The molecule has 0 aliphatic rings. The summed E-state index contributed by atoms with van der Waals surface area (Å²) in [5, 5.41) is 0.432. The van der Waals surface area contributed by atoms with Crippen molar-refractivity contribution in [3.63, 3.8) is 0 Å². The van der Waals surface area contributed by atoms with E-state index in [1.807, 2.05) is 6.92 Å². The molecule has 1 atom stereocenters. The summed E-state index contributed by atoms with van der Waals surface area (Å²) >= 11 is 1.13. The molecule has 0 saturated heterocycles. The molecule has 0 aliphatic carbocycles. The lowest BCUT2D eigenvalue weighted by molar-refractivity contribution is 0.0324. The molecule has 1 aromatic heterocycles. The molecule has 0 fully saturated rings. The summed E-state index contributed by atoms with van der Waals surface area (Å²) in [5.74, 6) is -0.361. The number of rotatable bonds is 4. The van der Waals surface area contributed by atoms with Crippen LogP contribution < -0.4 is 5.73 Å². The van der Waals surface area contributed by atoms with Crippen LogP contribution in [0.4, 0.5) is 5.00 Å². The van der Waals surface area contributed by atoms with Crippen LogP contribution in [0.2, 0.25) is 0 Å². The fraction of sp³-hybridized carbons (Fsp3) is 0.600. The fourth-order valence-electron chi connectivity index (χ4n) is 1.34. The summed E-state index contributed by atoms with van der Waals surface area (Å²) < 4.78 is 9.25. The molecule has 0 aromatic carbocycles. The van der Waals surface area contributed by atoms with Crippen molar-refractivity contribution in [1.82, 2.24) is 4.37 Å². The van der Waals surface area contributed by atoms with Crippen molar-refractivity contribution in [2.45, 2.75) is 39.7 Å². The van der Waals surface area contributed by atoms with Gasteiger partial charge in [0.1, 0.15) is 10.6 Å². The lowest BCUT2D eigenvalue weighted by atomic mass is 10.2. The van der Waals surface area contributed by atoms with Crippen LogP contribution in [0, 0.1) is 6.92 Å². The first kappa shape index (κ1) is 12.0. The summed E-state index contributed by atoms with van der Waals surface area (Å²) in [6.45, 7) is 5.69. The second-order valence-corrected chi connectivity index (χ2v) is 4.32. The molecule has 1 aromatic rings. The van der Waals surface area contributed by atoms with E-state index in [1.165, 1.54) is 0 Å². The van der Waals surface area contributed by atoms with Gasteiger partial charge in [0.25, 0.3) is 0 Å². The average molecular weight is 228 g/mol. The van der Waals surface area contributed by atoms with Gasteiger partial charge in [-0.3, -0.25) is 0 Å². The third kappa shape index (κ3) is 2.92. The largest absolute Gasteiger partial charge is 0.459 e. The van der Waals surface area contributed by atoms with Crippen LogP contribution in [0.3, 0.4) is 0 Å². The van der Waals surface area contributed by atoms with Gasteiger partial charge in [-0.2, -0.15) is 4.37 Å². The Balaban J connectivity index is 2.69. The number of nitrogens with zero attached hydrogens (tertiary/aromatic N) is 1. The summed E-state index contributed by atoms with van der Waals surface area (Å²) in [4.78, 5) is 11.7. The fourth-order valence-corrected chi connectivity index (χ4v) is 1.99. The van der Waals surface area contributed by atoms with E-state index in [4.69, 9.17) is 10.5 Å². The lowest BCUT2D eigenvalue weighted by Gasteiger charge is -2.11. The first-order valence-corrected chi connectivity index (χ1v) is 5.76. The van der Waals surface area contributed by atoms with Gasteiger partial charge in [-0.05, 0) is 31.8 Å². The molecule has 4 nitrogen and oxygen atoms in total. The number of nitrogens with two attached hydrogens (primary N) is 1. The molecule has 0 amide bonds. The van der Waals surface area contributed by atoms with Crippen LogP contribution in [0.25, 0.3) is 0 Å². The third-order valence-corrected chi connectivity index (χ3v) is 2.86. The Hall–Kier alpha value is -1.10. The van der Waals surface area contributed by atoms with Crippen LogP contribution in [-0.2, 0) is 4.74 Å². The molecule has 1 rings (SSSR count). The maximum absolute atomic E-state index is 11.7. The van der Waals surface area contributed by atoms with E-state index in [9.17, 15) is 4.79 Å². The molecule has 2 N–H and O–H groups in total. The molecule has 1 heterocycles. The van der Waals surface area contributed by atoms with E-state index < -0.39 is 0 Å². The second-order valence-electron chi connectivity index (χ2n) is 3.51. The van der Waals surface area contributed by atoms with Gasteiger partial charge in [-0.15, -0.1) is 0 Å². The van der Waals surface area contributed by atoms with Gasteiger partial charge in [0.2, 0.25) is 0 Å².